The Morgan fingerprint density at radius 2 is 1.86 bits per heavy atom. The molecule has 3 rings (SSSR count). The maximum atomic E-state index is 13.5. The maximum Gasteiger partial charge on any atom is 0.251 e. The Morgan fingerprint density at radius 3 is 2.50 bits per heavy atom. The Labute approximate surface area is 162 Å². The standard InChI is InChI=1S/C21H22FN3O3/c1-14-4-5-15(11-18(14)22)12-23-19(26)13-24-21(28)16-6-8-17(9-7-16)25-10-2-3-20(25)27/h4-9,11H,2-3,10,12-13H2,1H3,(H,23,26)(H,24,28). The van der Waals surface area contributed by atoms with Crippen LogP contribution in [-0.2, 0) is 16.1 Å². The van der Waals surface area contributed by atoms with Crippen molar-refractivity contribution in [3.05, 3.63) is 65.0 Å². The number of nitrogens with zero attached hydrogens (tertiary/aromatic N) is 1. The molecule has 1 saturated heterocycles. The van der Waals surface area contributed by atoms with Gasteiger partial charge in [-0.05, 0) is 54.8 Å². The molecule has 2 N–H and O–H groups in total. The van der Waals surface area contributed by atoms with E-state index in [4.69, 9.17) is 0 Å². The summed E-state index contributed by atoms with van der Waals surface area (Å²) in [7, 11) is 0. The van der Waals surface area contributed by atoms with E-state index in [0.29, 0.717) is 29.7 Å². The molecule has 1 fully saturated rings. The summed E-state index contributed by atoms with van der Waals surface area (Å²) in [6, 6.07) is 11.5. The second-order valence-electron chi connectivity index (χ2n) is 6.74. The summed E-state index contributed by atoms with van der Waals surface area (Å²) in [6.07, 6.45) is 1.39. The van der Waals surface area contributed by atoms with Crippen LogP contribution in [0.3, 0.4) is 0 Å². The van der Waals surface area contributed by atoms with Crippen molar-refractivity contribution < 1.29 is 18.8 Å². The van der Waals surface area contributed by atoms with E-state index in [9.17, 15) is 18.8 Å². The molecule has 0 aliphatic carbocycles. The molecule has 0 bridgehead atoms. The van der Waals surface area contributed by atoms with Crippen molar-refractivity contribution in [3.8, 4) is 0 Å². The number of hydrogen-bond acceptors (Lipinski definition) is 3. The monoisotopic (exact) mass is 383 g/mol. The summed E-state index contributed by atoms with van der Waals surface area (Å²) >= 11 is 0. The third-order valence-corrected chi connectivity index (χ3v) is 4.65. The summed E-state index contributed by atoms with van der Waals surface area (Å²) in [5, 5.41) is 5.19. The molecule has 7 heteroatoms. The molecule has 1 aliphatic rings. The van der Waals surface area contributed by atoms with Gasteiger partial charge in [0.2, 0.25) is 11.8 Å². The van der Waals surface area contributed by atoms with Gasteiger partial charge in [-0.1, -0.05) is 12.1 Å². The molecule has 6 nitrogen and oxygen atoms in total. The minimum atomic E-state index is -0.379. The van der Waals surface area contributed by atoms with E-state index in [1.54, 1.807) is 48.2 Å². The Hall–Kier alpha value is -3.22. The van der Waals surface area contributed by atoms with E-state index in [2.05, 4.69) is 10.6 Å². The molecule has 0 saturated carbocycles. The predicted octanol–water partition coefficient (Wildman–Crippen LogP) is 2.31. The fraction of sp³-hybridized carbons (Fsp3) is 0.286. The van der Waals surface area contributed by atoms with E-state index < -0.39 is 0 Å². The quantitative estimate of drug-likeness (QED) is 0.804. The Balaban J connectivity index is 1.47. The number of amides is 3. The largest absolute Gasteiger partial charge is 0.350 e. The number of benzene rings is 2. The van der Waals surface area contributed by atoms with Gasteiger partial charge in [-0.15, -0.1) is 0 Å². The van der Waals surface area contributed by atoms with Gasteiger partial charge in [-0.2, -0.15) is 0 Å². The topological polar surface area (TPSA) is 78.5 Å². The van der Waals surface area contributed by atoms with Crippen molar-refractivity contribution in [1.29, 1.82) is 0 Å². The van der Waals surface area contributed by atoms with Gasteiger partial charge in [-0.25, -0.2) is 4.39 Å². The minimum Gasteiger partial charge on any atom is -0.350 e. The molecular formula is C21H22FN3O3. The predicted molar refractivity (Wildman–Crippen MR) is 103 cm³/mol. The van der Waals surface area contributed by atoms with Crippen LogP contribution in [0.25, 0.3) is 0 Å². The third kappa shape index (κ3) is 4.73. The van der Waals surface area contributed by atoms with E-state index in [0.717, 1.165) is 12.1 Å². The average molecular weight is 383 g/mol. The van der Waals surface area contributed by atoms with Crippen LogP contribution < -0.4 is 15.5 Å². The van der Waals surface area contributed by atoms with Crippen molar-refractivity contribution in [2.75, 3.05) is 18.0 Å². The van der Waals surface area contributed by atoms with Crippen molar-refractivity contribution in [3.63, 3.8) is 0 Å². The first-order valence-corrected chi connectivity index (χ1v) is 9.14. The van der Waals surface area contributed by atoms with E-state index >= 15 is 0 Å². The number of carbonyl (C=O) groups is 3. The zero-order valence-corrected chi connectivity index (χ0v) is 15.6. The van der Waals surface area contributed by atoms with Gasteiger partial charge < -0.3 is 15.5 Å². The summed E-state index contributed by atoms with van der Waals surface area (Å²) in [6.45, 7) is 2.36. The molecule has 2 aromatic rings. The lowest BCUT2D eigenvalue weighted by Crippen LogP contribution is -2.36. The molecule has 1 heterocycles. The van der Waals surface area contributed by atoms with Gasteiger partial charge in [0.05, 0.1) is 6.54 Å². The summed E-state index contributed by atoms with van der Waals surface area (Å²) in [5.41, 5.74) is 2.36. The van der Waals surface area contributed by atoms with Crippen molar-refractivity contribution >= 4 is 23.4 Å². The van der Waals surface area contributed by atoms with Gasteiger partial charge in [0.15, 0.2) is 0 Å². The van der Waals surface area contributed by atoms with Crippen LogP contribution >= 0.6 is 0 Å². The molecule has 0 unspecified atom stereocenters. The van der Waals surface area contributed by atoms with Gasteiger partial charge in [-0.3, -0.25) is 14.4 Å². The first-order valence-electron chi connectivity index (χ1n) is 9.14. The zero-order chi connectivity index (χ0) is 20.1. The van der Waals surface area contributed by atoms with Crippen LogP contribution in [0.5, 0.6) is 0 Å². The van der Waals surface area contributed by atoms with Crippen LogP contribution in [0, 0.1) is 12.7 Å². The third-order valence-electron chi connectivity index (χ3n) is 4.65. The molecular weight excluding hydrogens is 361 g/mol. The molecule has 0 radical (unpaired) electrons. The van der Waals surface area contributed by atoms with Crippen LogP contribution in [0.2, 0.25) is 0 Å². The molecule has 146 valence electrons. The Kier molecular flexibility index (Phi) is 6.03. The Morgan fingerprint density at radius 1 is 1.11 bits per heavy atom. The second-order valence-corrected chi connectivity index (χ2v) is 6.74. The average Bonchev–Trinajstić information content (AvgIpc) is 3.13. The maximum absolute atomic E-state index is 13.5. The lowest BCUT2D eigenvalue weighted by molar-refractivity contribution is -0.120. The molecule has 28 heavy (non-hydrogen) atoms. The highest BCUT2D eigenvalue weighted by Gasteiger charge is 2.21. The Bertz CT molecular complexity index is 896. The number of nitrogens with one attached hydrogen (secondary N) is 2. The SMILES string of the molecule is Cc1ccc(CNC(=O)CNC(=O)c2ccc(N3CCCC3=O)cc2)cc1F. The van der Waals surface area contributed by atoms with Gasteiger partial charge in [0.25, 0.3) is 5.91 Å². The lowest BCUT2D eigenvalue weighted by Gasteiger charge is -2.15. The highest BCUT2D eigenvalue weighted by Crippen LogP contribution is 2.21. The fourth-order valence-corrected chi connectivity index (χ4v) is 2.99. The number of hydrogen-bond donors (Lipinski definition) is 2. The van der Waals surface area contributed by atoms with Crippen LogP contribution in [0.15, 0.2) is 42.5 Å². The van der Waals surface area contributed by atoms with Crippen molar-refractivity contribution in [2.45, 2.75) is 26.3 Å². The van der Waals surface area contributed by atoms with Gasteiger partial charge in [0.1, 0.15) is 5.82 Å². The van der Waals surface area contributed by atoms with E-state index in [1.807, 2.05) is 0 Å². The number of aryl methyl sites for hydroxylation is 1. The molecule has 0 aromatic heterocycles. The summed E-state index contributed by atoms with van der Waals surface area (Å²) in [5.74, 6) is -0.981. The van der Waals surface area contributed by atoms with E-state index in [1.165, 1.54) is 6.07 Å². The highest BCUT2D eigenvalue weighted by atomic mass is 19.1. The first kappa shape index (κ1) is 19.5. The molecule has 2 aromatic carbocycles. The second kappa shape index (κ2) is 8.65. The molecule has 3 amide bonds. The number of rotatable bonds is 6. The summed E-state index contributed by atoms with van der Waals surface area (Å²) < 4.78 is 13.5. The van der Waals surface area contributed by atoms with Crippen LogP contribution in [-0.4, -0.2) is 30.8 Å². The van der Waals surface area contributed by atoms with Gasteiger partial charge in [0, 0.05) is 30.8 Å². The van der Waals surface area contributed by atoms with E-state index in [-0.39, 0.29) is 36.6 Å². The normalized spacial score (nSPS) is 13.5. The van der Waals surface area contributed by atoms with Gasteiger partial charge >= 0.3 is 0 Å². The molecule has 0 spiro atoms. The number of carbonyl (C=O) groups excluding carboxylic acids is 3. The number of anilines is 1. The van der Waals surface area contributed by atoms with Crippen molar-refractivity contribution in [1.82, 2.24) is 10.6 Å². The van der Waals surface area contributed by atoms with Crippen LogP contribution in [0.4, 0.5) is 10.1 Å². The lowest BCUT2D eigenvalue weighted by atomic mass is 10.1. The first-order chi connectivity index (χ1) is 13.4. The zero-order valence-electron chi connectivity index (χ0n) is 15.6. The molecule has 1 aliphatic heterocycles. The number of halogens is 1. The van der Waals surface area contributed by atoms with Crippen LogP contribution in [0.1, 0.15) is 34.3 Å². The smallest absolute Gasteiger partial charge is 0.251 e. The van der Waals surface area contributed by atoms with Crippen molar-refractivity contribution in [2.24, 2.45) is 0 Å². The summed E-state index contributed by atoms with van der Waals surface area (Å²) in [4.78, 5) is 37.5. The fourth-order valence-electron chi connectivity index (χ4n) is 2.99. The molecule has 0 atom stereocenters. The highest BCUT2D eigenvalue weighted by molar-refractivity contribution is 5.98. The minimum absolute atomic E-state index is 0.0855.